The lowest BCUT2D eigenvalue weighted by atomic mass is 10.1. The topological polar surface area (TPSA) is 20.2 Å². The zero-order chi connectivity index (χ0) is 13.5. The van der Waals surface area contributed by atoms with Crippen LogP contribution < -0.4 is 0 Å². The van der Waals surface area contributed by atoms with E-state index in [2.05, 4.69) is 30.3 Å². The highest BCUT2D eigenvalue weighted by Crippen LogP contribution is 2.04. The largest absolute Gasteiger partial charge is 0.377 e. The van der Waals surface area contributed by atoms with Gasteiger partial charge in [0.25, 0.3) is 0 Å². The van der Waals surface area contributed by atoms with E-state index in [1.54, 1.807) is 12.2 Å². The standard InChI is InChI=1S/C17H22O/c1-3-5-7-9-10-12-14-16-17(18)15-13-11-8-6-4-2/h3-4,6,14,16-18H,1,5,7,9-10,12H2,2H3/b6-4+,16-14-/t17-/m0/s1. The third-order valence-electron chi connectivity index (χ3n) is 2.20. The average molecular weight is 242 g/mol. The van der Waals surface area contributed by atoms with Crippen molar-refractivity contribution < 1.29 is 5.11 Å². The van der Waals surface area contributed by atoms with Crippen LogP contribution in [0.25, 0.3) is 0 Å². The number of aliphatic hydroxyl groups excluding tert-OH is 1. The highest BCUT2D eigenvalue weighted by atomic mass is 16.3. The number of rotatable bonds is 7. The molecule has 1 atom stereocenters. The summed E-state index contributed by atoms with van der Waals surface area (Å²) in [5.74, 6) is 10.6. The van der Waals surface area contributed by atoms with Crippen molar-refractivity contribution in [3.05, 3.63) is 37.0 Å². The summed E-state index contributed by atoms with van der Waals surface area (Å²) < 4.78 is 0. The Morgan fingerprint density at radius 1 is 1.17 bits per heavy atom. The fourth-order valence-corrected chi connectivity index (χ4v) is 1.27. The Hall–Kier alpha value is -1.70. The molecule has 0 amide bonds. The van der Waals surface area contributed by atoms with Crippen molar-refractivity contribution in [3.63, 3.8) is 0 Å². The van der Waals surface area contributed by atoms with E-state index in [4.69, 9.17) is 0 Å². The molecule has 0 bridgehead atoms. The molecule has 1 N–H and O–H groups in total. The quantitative estimate of drug-likeness (QED) is 0.411. The van der Waals surface area contributed by atoms with E-state index < -0.39 is 6.10 Å². The minimum absolute atomic E-state index is 0.710. The van der Waals surface area contributed by atoms with Gasteiger partial charge in [-0.15, -0.1) is 6.58 Å². The number of hydrogen-bond donors (Lipinski definition) is 1. The van der Waals surface area contributed by atoms with Crippen molar-refractivity contribution in [2.75, 3.05) is 0 Å². The van der Waals surface area contributed by atoms with Gasteiger partial charge in [0.05, 0.1) is 0 Å². The molecular formula is C17H22O. The average Bonchev–Trinajstić information content (AvgIpc) is 2.37. The molecule has 0 aliphatic carbocycles. The minimum atomic E-state index is -0.710. The maximum absolute atomic E-state index is 9.49. The molecule has 0 aromatic rings. The Bertz CT molecular complexity index is 379. The predicted molar refractivity (Wildman–Crippen MR) is 78.8 cm³/mol. The summed E-state index contributed by atoms with van der Waals surface area (Å²) in [6.45, 7) is 5.59. The third kappa shape index (κ3) is 12.4. The van der Waals surface area contributed by atoms with Crippen molar-refractivity contribution in [2.45, 2.75) is 45.1 Å². The van der Waals surface area contributed by atoms with Crippen molar-refractivity contribution in [2.24, 2.45) is 0 Å². The van der Waals surface area contributed by atoms with Gasteiger partial charge < -0.3 is 5.11 Å². The molecule has 0 aromatic carbocycles. The van der Waals surface area contributed by atoms with E-state index in [-0.39, 0.29) is 0 Å². The van der Waals surface area contributed by atoms with Gasteiger partial charge in [-0.25, -0.2) is 0 Å². The van der Waals surface area contributed by atoms with Crippen molar-refractivity contribution >= 4 is 0 Å². The molecule has 0 saturated carbocycles. The van der Waals surface area contributed by atoms with Crippen LogP contribution in [-0.4, -0.2) is 11.2 Å². The van der Waals surface area contributed by atoms with Gasteiger partial charge in [0.15, 0.2) is 0 Å². The highest BCUT2D eigenvalue weighted by molar-refractivity contribution is 5.32. The summed E-state index contributed by atoms with van der Waals surface area (Å²) in [6.07, 6.45) is 14.1. The lowest BCUT2D eigenvalue weighted by molar-refractivity contribution is 0.280. The molecule has 0 spiro atoms. The lowest BCUT2D eigenvalue weighted by Gasteiger charge is -1.95. The van der Waals surface area contributed by atoms with Crippen LogP contribution >= 0.6 is 0 Å². The SMILES string of the molecule is C=CCCCCC/C=C\[C@@H](O)C#CC#C/C=C/C. The summed E-state index contributed by atoms with van der Waals surface area (Å²) >= 11 is 0. The smallest absolute Gasteiger partial charge is 0.134 e. The van der Waals surface area contributed by atoms with E-state index >= 15 is 0 Å². The number of aliphatic hydroxyl groups is 1. The normalized spacial score (nSPS) is 11.7. The second kappa shape index (κ2) is 13.4. The maximum Gasteiger partial charge on any atom is 0.134 e. The van der Waals surface area contributed by atoms with Gasteiger partial charge in [0.2, 0.25) is 0 Å². The predicted octanol–water partition coefficient (Wildman–Crippen LogP) is 3.62. The zero-order valence-electron chi connectivity index (χ0n) is 11.2. The number of unbranched alkanes of at least 4 members (excludes halogenated alkanes) is 4. The van der Waals surface area contributed by atoms with Gasteiger partial charge in [-0.2, -0.15) is 0 Å². The molecule has 0 unspecified atom stereocenters. The van der Waals surface area contributed by atoms with Gasteiger partial charge in [-0.1, -0.05) is 36.5 Å². The van der Waals surface area contributed by atoms with Gasteiger partial charge in [-0.3, -0.25) is 0 Å². The van der Waals surface area contributed by atoms with Gasteiger partial charge in [0, 0.05) is 0 Å². The van der Waals surface area contributed by atoms with Crippen molar-refractivity contribution in [1.29, 1.82) is 0 Å². The van der Waals surface area contributed by atoms with E-state index in [9.17, 15) is 5.11 Å². The lowest BCUT2D eigenvalue weighted by Crippen LogP contribution is -1.96. The molecule has 0 aliphatic rings. The summed E-state index contributed by atoms with van der Waals surface area (Å²) in [6, 6.07) is 0. The van der Waals surface area contributed by atoms with Crippen LogP contribution in [0.2, 0.25) is 0 Å². The van der Waals surface area contributed by atoms with Crippen LogP contribution in [-0.2, 0) is 0 Å². The van der Waals surface area contributed by atoms with Crippen LogP contribution in [0, 0.1) is 23.7 Å². The third-order valence-corrected chi connectivity index (χ3v) is 2.20. The second-order valence-electron chi connectivity index (χ2n) is 3.84. The Morgan fingerprint density at radius 3 is 2.67 bits per heavy atom. The van der Waals surface area contributed by atoms with E-state index in [1.807, 2.05) is 25.2 Å². The molecule has 1 nitrogen and oxygen atoms in total. The molecule has 0 aliphatic heterocycles. The molecular weight excluding hydrogens is 220 g/mol. The molecule has 0 aromatic heterocycles. The maximum atomic E-state index is 9.49. The molecule has 0 radical (unpaired) electrons. The van der Waals surface area contributed by atoms with E-state index in [0.29, 0.717) is 0 Å². The summed E-state index contributed by atoms with van der Waals surface area (Å²) in [5, 5.41) is 9.49. The zero-order valence-corrected chi connectivity index (χ0v) is 11.2. The molecule has 1 heteroatoms. The first-order valence-corrected chi connectivity index (χ1v) is 6.39. The first-order chi connectivity index (χ1) is 8.81. The summed E-state index contributed by atoms with van der Waals surface area (Å²) in [4.78, 5) is 0. The van der Waals surface area contributed by atoms with E-state index in [0.717, 1.165) is 19.3 Å². The van der Waals surface area contributed by atoms with Gasteiger partial charge in [0.1, 0.15) is 6.10 Å². The minimum Gasteiger partial charge on any atom is -0.377 e. The Kier molecular flexibility index (Phi) is 12.1. The molecule has 0 fully saturated rings. The van der Waals surface area contributed by atoms with Crippen LogP contribution in [0.4, 0.5) is 0 Å². The van der Waals surface area contributed by atoms with Crippen LogP contribution in [0.3, 0.4) is 0 Å². The van der Waals surface area contributed by atoms with Crippen molar-refractivity contribution in [3.8, 4) is 23.7 Å². The molecule has 0 saturated heterocycles. The number of hydrogen-bond acceptors (Lipinski definition) is 1. The summed E-state index contributed by atoms with van der Waals surface area (Å²) in [5.41, 5.74) is 0. The first-order valence-electron chi connectivity index (χ1n) is 6.39. The first kappa shape index (κ1) is 16.3. The van der Waals surface area contributed by atoms with Gasteiger partial charge >= 0.3 is 0 Å². The fourth-order valence-electron chi connectivity index (χ4n) is 1.27. The second-order valence-corrected chi connectivity index (χ2v) is 3.84. The van der Waals surface area contributed by atoms with E-state index in [1.165, 1.54) is 12.8 Å². The molecule has 0 heterocycles. The fraction of sp³-hybridized carbons (Fsp3) is 0.412. The van der Waals surface area contributed by atoms with Gasteiger partial charge in [-0.05, 0) is 56.6 Å². The summed E-state index contributed by atoms with van der Waals surface area (Å²) in [7, 11) is 0. The number of allylic oxidation sites excluding steroid dienone is 4. The molecule has 0 rings (SSSR count). The highest BCUT2D eigenvalue weighted by Gasteiger charge is 1.90. The Balaban J connectivity index is 3.71. The van der Waals surface area contributed by atoms with Crippen LogP contribution in [0.15, 0.2) is 37.0 Å². The Morgan fingerprint density at radius 2 is 1.94 bits per heavy atom. The van der Waals surface area contributed by atoms with Crippen LogP contribution in [0.1, 0.15) is 39.0 Å². The monoisotopic (exact) mass is 242 g/mol. The molecule has 96 valence electrons. The van der Waals surface area contributed by atoms with Crippen molar-refractivity contribution in [1.82, 2.24) is 0 Å². The van der Waals surface area contributed by atoms with Crippen LogP contribution in [0.5, 0.6) is 0 Å². The Labute approximate surface area is 111 Å². The molecule has 18 heavy (non-hydrogen) atoms.